The number of rotatable bonds is 8. The lowest BCUT2D eigenvalue weighted by molar-refractivity contribution is 0.434. The third-order valence-electron chi connectivity index (χ3n) is 6.84. The van der Waals surface area contributed by atoms with E-state index in [0.29, 0.717) is 46.7 Å². The Hall–Kier alpha value is -5.90. The molecule has 0 saturated carbocycles. The van der Waals surface area contributed by atoms with Gasteiger partial charge in [-0.2, -0.15) is 0 Å². The summed E-state index contributed by atoms with van der Waals surface area (Å²) in [6, 6.07) is 35.4. The van der Waals surface area contributed by atoms with Crippen molar-refractivity contribution in [2.75, 3.05) is 0 Å². The minimum absolute atomic E-state index is 0.312. The van der Waals surface area contributed by atoms with Crippen LogP contribution in [0, 0.1) is 6.92 Å². The summed E-state index contributed by atoms with van der Waals surface area (Å²) >= 11 is 0. The number of tetrazole rings is 1. The van der Waals surface area contributed by atoms with Gasteiger partial charge in [-0.05, 0) is 58.3 Å². The number of aromatic nitrogens is 8. The average molecular weight is 553 g/mol. The molecule has 7 rings (SSSR count). The molecule has 0 radical (unpaired) electrons. The molecule has 0 atom stereocenters. The molecule has 7 aromatic rings. The summed E-state index contributed by atoms with van der Waals surface area (Å²) in [7, 11) is 0. The number of nitrogens with one attached hydrogen (secondary N) is 1. The van der Waals surface area contributed by atoms with Gasteiger partial charge < -0.3 is 14.0 Å². The van der Waals surface area contributed by atoms with Gasteiger partial charge in [-0.1, -0.05) is 84.9 Å². The molecule has 1 N–H and O–H groups in total. The van der Waals surface area contributed by atoms with Crippen molar-refractivity contribution in [1.29, 1.82) is 0 Å². The topological polar surface area (TPSA) is 117 Å². The second kappa shape index (κ2) is 10.9. The van der Waals surface area contributed by atoms with E-state index in [1.54, 1.807) is 0 Å². The zero-order chi connectivity index (χ0) is 28.3. The molecular formula is C32H24N8O2. The number of nitrogens with zero attached hydrogens (tertiary/aromatic N) is 7. The number of aromatic amines is 1. The number of fused-ring (bicyclic) bond motifs is 1. The second-order valence-corrected chi connectivity index (χ2v) is 9.58. The number of imidazole rings is 1. The van der Waals surface area contributed by atoms with Gasteiger partial charge in [-0.15, -0.1) is 15.3 Å². The maximum Gasteiger partial charge on any atom is 0.267 e. The van der Waals surface area contributed by atoms with Crippen molar-refractivity contribution in [3.8, 4) is 45.8 Å². The minimum Gasteiger partial charge on any atom is -0.436 e. The fourth-order valence-electron chi connectivity index (χ4n) is 4.83. The van der Waals surface area contributed by atoms with Crippen molar-refractivity contribution in [3.63, 3.8) is 0 Å². The molecule has 10 nitrogen and oxygen atoms in total. The molecule has 0 fully saturated rings. The first kappa shape index (κ1) is 25.1. The molecule has 4 aromatic carbocycles. The Labute approximate surface area is 240 Å². The van der Waals surface area contributed by atoms with Crippen LogP contribution in [0.2, 0.25) is 0 Å². The van der Waals surface area contributed by atoms with Crippen LogP contribution in [0.15, 0.2) is 109 Å². The minimum atomic E-state index is 0.312. The summed E-state index contributed by atoms with van der Waals surface area (Å²) < 4.78 is 14.4. The largest absolute Gasteiger partial charge is 0.436 e. The number of benzene rings is 4. The number of H-pyrrole nitrogens is 1. The van der Waals surface area contributed by atoms with Crippen molar-refractivity contribution in [2.24, 2.45) is 0 Å². The van der Waals surface area contributed by atoms with Gasteiger partial charge in [0.15, 0.2) is 11.3 Å². The zero-order valence-electron chi connectivity index (χ0n) is 22.5. The van der Waals surface area contributed by atoms with Crippen molar-refractivity contribution in [2.45, 2.75) is 13.5 Å². The van der Waals surface area contributed by atoms with Crippen LogP contribution in [-0.2, 0) is 6.54 Å². The summed E-state index contributed by atoms with van der Waals surface area (Å²) in [4.78, 5) is 4.85. The highest BCUT2D eigenvalue weighted by Gasteiger charge is 2.21. The molecular weight excluding hydrogens is 528 g/mol. The number of aryl methyl sites for hydroxylation is 1. The van der Waals surface area contributed by atoms with Crippen LogP contribution < -0.4 is 9.47 Å². The maximum absolute atomic E-state index is 6.20. The smallest absolute Gasteiger partial charge is 0.267 e. The molecule has 0 aliphatic rings. The lowest BCUT2D eigenvalue weighted by atomic mass is 9.98. The third kappa shape index (κ3) is 4.92. The Morgan fingerprint density at radius 2 is 1.29 bits per heavy atom. The summed E-state index contributed by atoms with van der Waals surface area (Å²) in [5.41, 5.74) is 5.36. The average Bonchev–Trinajstić information content (AvgIpc) is 3.69. The van der Waals surface area contributed by atoms with Gasteiger partial charge in [0.05, 0.1) is 0 Å². The lowest BCUT2D eigenvalue weighted by Gasteiger charge is -2.12. The molecule has 42 heavy (non-hydrogen) atoms. The van der Waals surface area contributed by atoms with Gasteiger partial charge in [0.25, 0.3) is 11.8 Å². The Kier molecular flexibility index (Phi) is 6.53. The van der Waals surface area contributed by atoms with Gasteiger partial charge in [0, 0.05) is 12.1 Å². The third-order valence-corrected chi connectivity index (χ3v) is 6.84. The van der Waals surface area contributed by atoms with Crippen LogP contribution >= 0.6 is 0 Å². The molecule has 0 bridgehead atoms. The highest BCUT2D eigenvalue weighted by atomic mass is 16.5. The van der Waals surface area contributed by atoms with E-state index in [9.17, 15) is 0 Å². The fourth-order valence-corrected chi connectivity index (χ4v) is 4.83. The van der Waals surface area contributed by atoms with E-state index in [1.807, 2.05) is 85.8 Å². The fraction of sp³-hybridized carbons (Fsp3) is 0.0625. The van der Waals surface area contributed by atoms with E-state index < -0.39 is 0 Å². The van der Waals surface area contributed by atoms with E-state index >= 15 is 0 Å². The van der Waals surface area contributed by atoms with Gasteiger partial charge in [-0.3, -0.25) is 0 Å². The summed E-state index contributed by atoms with van der Waals surface area (Å²) in [5, 5.41) is 23.2. The number of hydrogen-bond donors (Lipinski definition) is 1. The van der Waals surface area contributed by atoms with E-state index in [-0.39, 0.29) is 0 Å². The number of hydrogen-bond acceptors (Lipinski definition) is 8. The van der Waals surface area contributed by atoms with Crippen LogP contribution in [0.4, 0.5) is 0 Å². The predicted octanol–water partition coefficient (Wildman–Crippen LogP) is 6.61. The van der Waals surface area contributed by atoms with E-state index in [2.05, 4.69) is 65.7 Å². The Bertz CT molecular complexity index is 1960. The molecule has 204 valence electrons. The highest BCUT2D eigenvalue weighted by molar-refractivity contribution is 5.85. The number of ether oxygens (including phenoxy) is 2. The maximum atomic E-state index is 6.20. The summed E-state index contributed by atoms with van der Waals surface area (Å²) in [6.07, 6.45) is 0. The first-order valence-electron chi connectivity index (χ1n) is 13.3. The molecule has 0 aliphatic heterocycles. The van der Waals surface area contributed by atoms with Crippen LogP contribution in [0.3, 0.4) is 0 Å². The van der Waals surface area contributed by atoms with Gasteiger partial charge in [0.2, 0.25) is 0 Å². The molecule has 0 amide bonds. The molecule has 3 heterocycles. The summed E-state index contributed by atoms with van der Waals surface area (Å²) in [6.45, 7) is 2.49. The molecule has 0 aliphatic carbocycles. The van der Waals surface area contributed by atoms with Crippen molar-refractivity contribution in [1.82, 2.24) is 40.4 Å². The second-order valence-electron chi connectivity index (χ2n) is 9.58. The molecule has 0 saturated heterocycles. The summed E-state index contributed by atoms with van der Waals surface area (Å²) in [5.74, 6) is 3.36. The van der Waals surface area contributed by atoms with Crippen molar-refractivity contribution < 1.29 is 9.47 Å². The quantitative estimate of drug-likeness (QED) is 0.224. The van der Waals surface area contributed by atoms with Gasteiger partial charge >= 0.3 is 0 Å². The Morgan fingerprint density at radius 1 is 0.667 bits per heavy atom. The molecule has 0 spiro atoms. The van der Waals surface area contributed by atoms with Crippen molar-refractivity contribution >= 4 is 11.0 Å². The number of para-hydroxylation sites is 2. The van der Waals surface area contributed by atoms with E-state index in [4.69, 9.17) is 14.5 Å². The molecule has 10 heteroatoms. The zero-order valence-corrected chi connectivity index (χ0v) is 22.5. The SMILES string of the molecule is Cc1nc2c(Oc3ccccc3)nnc(Oc3ccccc3)c2n1Cc1ccc(-c2ccccc2-c2nnn[nH]2)cc1. The van der Waals surface area contributed by atoms with Crippen LogP contribution in [0.1, 0.15) is 11.4 Å². The van der Waals surface area contributed by atoms with Crippen LogP contribution in [-0.4, -0.2) is 40.4 Å². The Balaban J connectivity index is 1.26. The van der Waals surface area contributed by atoms with Crippen molar-refractivity contribution in [3.05, 3.63) is 121 Å². The van der Waals surface area contributed by atoms with E-state index in [0.717, 1.165) is 28.1 Å². The van der Waals surface area contributed by atoms with Gasteiger partial charge in [-0.25, -0.2) is 10.1 Å². The lowest BCUT2D eigenvalue weighted by Crippen LogP contribution is -2.04. The predicted molar refractivity (Wildman–Crippen MR) is 157 cm³/mol. The molecule has 3 aromatic heterocycles. The van der Waals surface area contributed by atoms with E-state index in [1.165, 1.54) is 0 Å². The normalized spacial score (nSPS) is 11.1. The van der Waals surface area contributed by atoms with Crippen LogP contribution in [0.5, 0.6) is 23.3 Å². The Morgan fingerprint density at radius 3 is 1.95 bits per heavy atom. The van der Waals surface area contributed by atoms with Crippen LogP contribution in [0.25, 0.3) is 33.5 Å². The first-order chi connectivity index (χ1) is 20.7. The van der Waals surface area contributed by atoms with Gasteiger partial charge in [0.1, 0.15) is 22.8 Å². The highest BCUT2D eigenvalue weighted by Crippen LogP contribution is 2.35. The standard InChI is InChI=1S/C32H24N8O2/c1-21-33-28-29(32(42-25-12-6-3-7-13-25)37-36-31(28)41-24-10-4-2-5-11-24)40(21)20-22-16-18-23(19-17-22)26-14-8-9-15-27(26)30-34-38-39-35-30/h2-19H,20H2,1H3,(H,34,35,38,39). The first-order valence-corrected chi connectivity index (χ1v) is 13.3. The monoisotopic (exact) mass is 552 g/mol. The molecule has 0 unspecified atom stereocenters.